The fourth-order valence-corrected chi connectivity index (χ4v) is 4.16. The zero-order chi connectivity index (χ0) is 20.9. The van der Waals surface area contributed by atoms with Crippen LogP contribution >= 0.6 is 11.3 Å². The SMILES string of the molecule is CCOc1ccccc1-c1sc2c(NN=Cc3cccc(O)c3)ncnc2c1C#N. The van der Waals surface area contributed by atoms with Crippen molar-refractivity contribution in [3.63, 3.8) is 0 Å². The maximum absolute atomic E-state index is 9.81. The van der Waals surface area contributed by atoms with Crippen molar-refractivity contribution in [3.8, 4) is 28.0 Å². The van der Waals surface area contributed by atoms with E-state index in [4.69, 9.17) is 4.74 Å². The van der Waals surface area contributed by atoms with E-state index in [0.717, 1.165) is 20.7 Å². The van der Waals surface area contributed by atoms with E-state index >= 15 is 0 Å². The molecule has 8 heteroatoms. The number of benzene rings is 2. The number of phenols is 1. The highest BCUT2D eigenvalue weighted by Crippen LogP contribution is 2.43. The molecule has 2 heterocycles. The van der Waals surface area contributed by atoms with E-state index < -0.39 is 0 Å². The van der Waals surface area contributed by atoms with E-state index in [0.29, 0.717) is 29.3 Å². The summed E-state index contributed by atoms with van der Waals surface area (Å²) in [5, 5.41) is 23.6. The number of hydrogen-bond acceptors (Lipinski definition) is 8. The van der Waals surface area contributed by atoms with Gasteiger partial charge in [-0.3, -0.25) is 5.43 Å². The summed E-state index contributed by atoms with van der Waals surface area (Å²) in [7, 11) is 0. The van der Waals surface area contributed by atoms with Crippen LogP contribution in [0.15, 0.2) is 60.0 Å². The van der Waals surface area contributed by atoms with E-state index in [9.17, 15) is 10.4 Å². The van der Waals surface area contributed by atoms with Crippen molar-refractivity contribution >= 4 is 33.6 Å². The topological polar surface area (TPSA) is 103 Å². The third kappa shape index (κ3) is 3.79. The maximum atomic E-state index is 9.81. The van der Waals surface area contributed by atoms with Crippen LogP contribution in [-0.4, -0.2) is 27.9 Å². The van der Waals surface area contributed by atoms with Gasteiger partial charge in [-0.2, -0.15) is 10.4 Å². The normalized spacial score (nSPS) is 10.9. The molecule has 7 nitrogen and oxygen atoms in total. The van der Waals surface area contributed by atoms with Gasteiger partial charge < -0.3 is 9.84 Å². The van der Waals surface area contributed by atoms with Crippen LogP contribution in [0.2, 0.25) is 0 Å². The van der Waals surface area contributed by atoms with Gasteiger partial charge in [0.1, 0.15) is 29.4 Å². The Morgan fingerprint density at radius 1 is 1.23 bits per heavy atom. The molecular formula is C22H17N5O2S. The van der Waals surface area contributed by atoms with E-state index in [2.05, 4.69) is 26.6 Å². The van der Waals surface area contributed by atoms with Gasteiger partial charge in [-0.05, 0) is 36.8 Å². The molecule has 2 aromatic heterocycles. The lowest BCUT2D eigenvalue weighted by Crippen LogP contribution is -1.94. The standard InChI is InChI=1S/C22H17N5O2S/c1-2-29-18-9-4-3-8-16(18)20-17(11-23)19-21(30-20)22(25-13-24-19)27-26-12-14-6-5-7-15(28)10-14/h3-10,12-13,28H,2H2,1H3,(H,24,25,27). The molecule has 0 bridgehead atoms. The maximum Gasteiger partial charge on any atom is 0.167 e. The third-order valence-corrected chi connectivity index (χ3v) is 5.49. The van der Waals surface area contributed by atoms with E-state index in [1.54, 1.807) is 24.4 Å². The molecule has 2 aromatic carbocycles. The second kappa shape index (κ2) is 8.59. The lowest BCUT2D eigenvalue weighted by Gasteiger charge is -2.08. The minimum Gasteiger partial charge on any atom is -0.508 e. The molecule has 0 spiro atoms. The molecule has 30 heavy (non-hydrogen) atoms. The summed E-state index contributed by atoms with van der Waals surface area (Å²) in [6.45, 7) is 2.45. The molecule has 4 aromatic rings. The van der Waals surface area contributed by atoms with Crippen molar-refractivity contribution in [1.82, 2.24) is 9.97 Å². The van der Waals surface area contributed by atoms with Crippen LogP contribution in [0.25, 0.3) is 20.7 Å². The summed E-state index contributed by atoms with van der Waals surface area (Å²) in [5.74, 6) is 1.38. The van der Waals surface area contributed by atoms with E-state index in [-0.39, 0.29) is 5.75 Å². The number of fused-ring (bicyclic) bond motifs is 1. The van der Waals surface area contributed by atoms with Crippen molar-refractivity contribution in [2.24, 2.45) is 5.10 Å². The Morgan fingerprint density at radius 2 is 2.10 bits per heavy atom. The first-order chi connectivity index (χ1) is 14.7. The predicted octanol–water partition coefficient (Wildman–Crippen LogP) is 4.78. The number of para-hydroxylation sites is 1. The molecular weight excluding hydrogens is 398 g/mol. The summed E-state index contributed by atoms with van der Waals surface area (Å²) in [6.07, 6.45) is 2.98. The Balaban J connectivity index is 1.75. The second-order valence-electron chi connectivity index (χ2n) is 6.21. The van der Waals surface area contributed by atoms with Gasteiger partial charge in [-0.15, -0.1) is 11.3 Å². The lowest BCUT2D eigenvalue weighted by atomic mass is 10.1. The highest BCUT2D eigenvalue weighted by molar-refractivity contribution is 7.23. The van der Waals surface area contributed by atoms with Crippen LogP contribution in [0.5, 0.6) is 11.5 Å². The minimum absolute atomic E-state index is 0.165. The lowest BCUT2D eigenvalue weighted by molar-refractivity contribution is 0.341. The third-order valence-electron chi connectivity index (χ3n) is 4.27. The second-order valence-corrected chi connectivity index (χ2v) is 7.23. The highest BCUT2D eigenvalue weighted by atomic mass is 32.1. The first kappa shape index (κ1) is 19.4. The monoisotopic (exact) mass is 415 g/mol. The number of phenolic OH excluding ortho intramolecular Hbond substituents is 1. The minimum atomic E-state index is 0.165. The summed E-state index contributed by atoms with van der Waals surface area (Å²) < 4.78 is 6.47. The van der Waals surface area contributed by atoms with Crippen LogP contribution in [-0.2, 0) is 0 Å². The zero-order valence-electron chi connectivity index (χ0n) is 16.0. The van der Waals surface area contributed by atoms with Gasteiger partial charge in [-0.1, -0.05) is 24.3 Å². The van der Waals surface area contributed by atoms with Crippen molar-refractivity contribution in [1.29, 1.82) is 5.26 Å². The van der Waals surface area contributed by atoms with Gasteiger partial charge in [0.15, 0.2) is 5.82 Å². The summed E-state index contributed by atoms with van der Waals surface area (Å²) in [5.41, 5.74) is 5.54. The number of aromatic hydroxyl groups is 1. The average molecular weight is 415 g/mol. The fraction of sp³-hybridized carbons (Fsp3) is 0.0909. The molecule has 0 saturated carbocycles. The number of hydrazone groups is 1. The molecule has 0 amide bonds. The predicted molar refractivity (Wildman–Crippen MR) is 118 cm³/mol. The van der Waals surface area contributed by atoms with Gasteiger partial charge in [0.05, 0.1) is 28.0 Å². The molecule has 0 fully saturated rings. The van der Waals surface area contributed by atoms with Crippen LogP contribution in [0, 0.1) is 11.3 Å². The summed E-state index contributed by atoms with van der Waals surface area (Å²) in [4.78, 5) is 9.38. The first-order valence-corrected chi connectivity index (χ1v) is 10.0. The van der Waals surface area contributed by atoms with E-state index in [1.165, 1.54) is 17.7 Å². The molecule has 0 atom stereocenters. The number of nitrogens with one attached hydrogen (secondary N) is 1. The quantitative estimate of drug-likeness (QED) is 0.347. The van der Waals surface area contributed by atoms with Gasteiger partial charge in [0.2, 0.25) is 0 Å². The molecule has 0 aliphatic carbocycles. The largest absolute Gasteiger partial charge is 0.508 e. The van der Waals surface area contributed by atoms with Gasteiger partial charge >= 0.3 is 0 Å². The number of hydrogen-bond donors (Lipinski definition) is 2. The van der Waals surface area contributed by atoms with Gasteiger partial charge in [-0.25, -0.2) is 9.97 Å². The van der Waals surface area contributed by atoms with Gasteiger partial charge in [0, 0.05) is 5.56 Å². The molecule has 2 N–H and O–H groups in total. The molecule has 0 unspecified atom stereocenters. The number of rotatable bonds is 6. The average Bonchev–Trinajstić information content (AvgIpc) is 3.14. The number of anilines is 1. The number of nitriles is 1. The van der Waals surface area contributed by atoms with Crippen molar-refractivity contribution in [2.75, 3.05) is 12.0 Å². The van der Waals surface area contributed by atoms with Gasteiger partial charge in [0.25, 0.3) is 0 Å². The number of nitrogens with zero attached hydrogens (tertiary/aromatic N) is 4. The fourth-order valence-electron chi connectivity index (χ4n) is 2.99. The molecule has 0 saturated heterocycles. The van der Waals surface area contributed by atoms with Crippen LogP contribution in [0.1, 0.15) is 18.1 Å². The molecule has 0 aliphatic rings. The smallest absolute Gasteiger partial charge is 0.167 e. The first-order valence-electron chi connectivity index (χ1n) is 9.19. The molecule has 0 aliphatic heterocycles. The zero-order valence-corrected chi connectivity index (χ0v) is 16.8. The van der Waals surface area contributed by atoms with Crippen molar-refractivity contribution in [3.05, 3.63) is 66.0 Å². The number of ether oxygens (including phenoxy) is 1. The Kier molecular flexibility index (Phi) is 5.54. The molecule has 0 radical (unpaired) electrons. The molecule has 4 rings (SSSR count). The summed E-state index contributed by atoms with van der Waals surface area (Å²) in [6, 6.07) is 16.6. The summed E-state index contributed by atoms with van der Waals surface area (Å²) >= 11 is 1.41. The Hall–Kier alpha value is -3.96. The Morgan fingerprint density at radius 3 is 2.90 bits per heavy atom. The highest BCUT2D eigenvalue weighted by Gasteiger charge is 2.20. The number of aromatic nitrogens is 2. The van der Waals surface area contributed by atoms with Crippen LogP contribution < -0.4 is 10.2 Å². The Bertz CT molecular complexity index is 1280. The van der Waals surface area contributed by atoms with Crippen LogP contribution in [0.3, 0.4) is 0 Å². The number of thiophene rings is 1. The van der Waals surface area contributed by atoms with E-state index in [1.807, 2.05) is 37.3 Å². The van der Waals surface area contributed by atoms with Crippen molar-refractivity contribution in [2.45, 2.75) is 6.92 Å². The molecule has 148 valence electrons. The van der Waals surface area contributed by atoms with Crippen LogP contribution in [0.4, 0.5) is 5.82 Å². The Labute approximate surface area is 176 Å². The van der Waals surface area contributed by atoms with Crippen molar-refractivity contribution < 1.29 is 9.84 Å².